The zero-order valence-electron chi connectivity index (χ0n) is 11.1. The number of halogens is 1. The van der Waals surface area contributed by atoms with Gasteiger partial charge >= 0.3 is 0 Å². The summed E-state index contributed by atoms with van der Waals surface area (Å²) in [6, 6.07) is 8.42. The number of hydrazine groups is 1. The van der Waals surface area contributed by atoms with E-state index in [0.29, 0.717) is 0 Å². The van der Waals surface area contributed by atoms with E-state index in [4.69, 9.17) is 5.84 Å². The van der Waals surface area contributed by atoms with Gasteiger partial charge in [-0.1, -0.05) is 29.5 Å². The molecule has 1 unspecified atom stereocenters. The van der Waals surface area contributed by atoms with Crippen LogP contribution in [0, 0.1) is 6.92 Å². The number of nitrogens with two attached hydrogens (primary N) is 1. The number of benzene rings is 1. The summed E-state index contributed by atoms with van der Waals surface area (Å²) in [6.45, 7) is 2.13. The first kappa shape index (κ1) is 14.2. The van der Waals surface area contributed by atoms with Gasteiger partial charge in [0.2, 0.25) is 0 Å². The number of hydrogen-bond donors (Lipinski definition) is 2. The van der Waals surface area contributed by atoms with Crippen molar-refractivity contribution in [1.82, 2.24) is 20.4 Å². The van der Waals surface area contributed by atoms with Gasteiger partial charge in [-0.25, -0.2) is 4.68 Å². The standard InChI is InChI=1S/C13H18BrN5/c1-9-5-3-4-6-10(9)7-8-11(16-15)12-13(14)17-18-19(12)2/h3-6,11,16H,7-8,15H2,1-2H3. The molecule has 102 valence electrons. The molecule has 3 N–H and O–H groups in total. The quantitative estimate of drug-likeness (QED) is 0.652. The monoisotopic (exact) mass is 323 g/mol. The highest BCUT2D eigenvalue weighted by Crippen LogP contribution is 2.24. The first-order valence-corrected chi connectivity index (χ1v) is 6.98. The number of rotatable bonds is 5. The molecule has 1 atom stereocenters. The van der Waals surface area contributed by atoms with Crippen molar-refractivity contribution in [2.45, 2.75) is 25.8 Å². The fraction of sp³-hybridized carbons (Fsp3) is 0.385. The van der Waals surface area contributed by atoms with Crippen LogP contribution in [0.3, 0.4) is 0 Å². The first-order valence-electron chi connectivity index (χ1n) is 6.19. The molecule has 0 radical (unpaired) electrons. The van der Waals surface area contributed by atoms with Crippen LogP contribution < -0.4 is 11.3 Å². The van der Waals surface area contributed by atoms with Crippen LogP contribution in [0.5, 0.6) is 0 Å². The third-order valence-corrected chi connectivity index (χ3v) is 3.89. The Kier molecular flexibility index (Phi) is 4.68. The van der Waals surface area contributed by atoms with E-state index in [0.717, 1.165) is 23.1 Å². The average Bonchev–Trinajstić information content (AvgIpc) is 2.73. The van der Waals surface area contributed by atoms with Gasteiger partial charge < -0.3 is 0 Å². The van der Waals surface area contributed by atoms with Crippen molar-refractivity contribution >= 4 is 15.9 Å². The van der Waals surface area contributed by atoms with E-state index >= 15 is 0 Å². The fourth-order valence-electron chi connectivity index (χ4n) is 2.20. The lowest BCUT2D eigenvalue weighted by atomic mass is 10.00. The van der Waals surface area contributed by atoms with Crippen molar-refractivity contribution in [3.63, 3.8) is 0 Å². The molecule has 0 spiro atoms. The minimum atomic E-state index is 0.0222. The molecule has 19 heavy (non-hydrogen) atoms. The molecule has 1 aromatic heterocycles. The second-order valence-corrected chi connectivity index (χ2v) is 5.32. The lowest BCUT2D eigenvalue weighted by Crippen LogP contribution is -2.30. The van der Waals surface area contributed by atoms with Crippen LogP contribution in [0.4, 0.5) is 0 Å². The van der Waals surface area contributed by atoms with E-state index in [1.807, 2.05) is 7.05 Å². The lowest BCUT2D eigenvalue weighted by Gasteiger charge is -2.16. The molecule has 2 rings (SSSR count). The zero-order valence-corrected chi connectivity index (χ0v) is 12.7. The maximum Gasteiger partial charge on any atom is 0.153 e. The molecule has 2 aromatic rings. The Morgan fingerprint density at radius 1 is 1.42 bits per heavy atom. The summed E-state index contributed by atoms with van der Waals surface area (Å²) in [5.41, 5.74) is 6.46. The molecule has 0 aliphatic heterocycles. The zero-order chi connectivity index (χ0) is 13.8. The predicted molar refractivity (Wildman–Crippen MR) is 78.3 cm³/mol. The SMILES string of the molecule is Cc1ccccc1CCC(NN)c1c(Br)nnn1C. The summed E-state index contributed by atoms with van der Waals surface area (Å²) in [5.74, 6) is 5.66. The Morgan fingerprint density at radius 3 is 2.74 bits per heavy atom. The molecule has 0 bridgehead atoms. The predicted octanol–water partition coefficient (Wildman–Crippen LogP) is 2.02. The maximum absolute atomic E-state index is 5.66. The van der Waals surface area contributed by atoms with Gasteiger partial charge in [-0.15, -0.1) is 5.10 Å². The molecule has 0 amide bonds. The lowest BCUT2D eigenvalue weighted by molar-refractivity contribution is 0.478. The normalized spacial score (nSPS) is 12.6. The minimum absolute atomic E-state index is 0.0222. The number of aryl methyl sites for hydroxylation is 3. The van der Waals surface area contributed by atoms with Crippen LogP contribution >= 0.6 is 15.9 Å². The Morgan fingerprint density at radius 2 is 2.16 bits per heavy atom. The second-order valence-electron chi connectivity index (χ2n) is 4.57. The van der Waals surface area contributed by atoms with Gasteiger partial charge in [0.1, 0.15) is 0 Å². The maximum atomic E-state index is 5.66. The molecule has 6 heteroatoms. The third kappa shape index (κ3) is 3.20. The van der Waals surface area contributed by atoms with E-state index in [-0.39, 0.29) is 6.04 Å². The molecular formula is C13H18BrN5. The van der Waals surface area contributed by atoms with Gasteiger partial charge in [-0.3, -0.25) is 11.3 Å². The molecule has 0 saturated heterocycles. The van der Waals surface area contributed by atoms with Gasteiger partial charge in [-0.05, 0) is 46.8 Å². The average molecular weight is 324 g/mol. The van der Waals surface area contributed by atoms with Crippen LogP contribution in [-0.2, 0) is 13.5 Å². The van der Waals surface area contributed by atoms with Gasteiger partial charge in [0, 0.05) is 7.05 Å². The highest BCUT2D eigenvalue weighted by atomic mass is 79.9. The van der Waals surface area contributed by atoms with E-state index < -0.39 is 0 Å². The van der Waals surface area contributed by atoms with Crippen LogP contribution in [0.15, 0.2) is 28.9 Å². The minimum Gasteiger partial charge on any atom is -0.271 e. The summed E-state index contributed by atoms with van der Waals surface area (Å²) in [7, 11) is 1.87. The van der Waals surface area contributed by atoms with Gasteiger partial charge in [0.25, 0.3) is 0 Å². The van der Waals surface area contributed by atoms with Crippen molar-refractivity contribution in [3.05, 3.63) is 45.7 Å². The van der Waals surface area contributed by atoms with Crippen molar-refractivity contribution < 1.29 is 0 Å². The van der Waals surface area contributed by atoms with Crippen molar-refractivity contribution in [1.29, 1.82) is 0 Å². The Hall–Kier alpha value is -1.24. The number of nitrogens with zero attached hydrogens (tertiary/aromatic N) is 3. The van der Waals surface area contributed by atoms with E-state index in [2.05, 4.69) is 62.9 Å². The van der Waals surface area contributed by atoms with E-state index in [1.165, 1.54) is 11.1 Å². The summed E-state index contributed by atoms with van der Waals surface area (Å²) < 4.78 is 2.48. The highest BCUT2D eigenvalue weighted by molar-refractivity contribution is 9.10. The molecule has 0 aliphatic rings. The molecule has 1 aromatic carbocycles. The summed E-state index contributed by atoms with van der Waals surface area (Å²) in [4.78, 5) is 0. The first-order chi connectivity index (χ1) is 9.13. The van der Waals surface area contributed by atoms with Crippen LogP contribution in [0.1, 0.15) is 29.3 Å². The van der Waals surface area contributed by atoms with Crippen LogP contribution in [0.25, 0.3) is 0 Å². The van der Waals surface area contributed by atoms with Gasteiger partial charge in [-0.2, -0.15) is 0 Å². The van der Waals surface area contributed by atoms with Crippen molar-refractivity contribution in [3.8, 4) is 0 Å². The highest BCUT2D eigenvalue weighted by Gasteiger charge is 2.19. The molecule has 0 fully saturated rings. The molecular weight excluding hydrogens is 306 g/mol. The largest absolute Gasteiger partial charge is 0.271 e. The Balaban J connectivity index is 2.11. The number of hydrogen-bond acceptors (Lipinski definition) is 4. The van der Waals surface area contributed by atoms with Crippen molar-refractivity contribution in [2.24, 2.45) is 12.9 Å². The molecule has 0 aliphatic carbocycles. The van der Waals surface area contributed by atoms with Gasteiger partial charge in [0.15, 0.2) is 4.60 Å². The second kappa shape index (κ2) is 6.27. The Bertz CT molecular complexity index is 532. The Labute approximate surface area is 121 Å². The van der Waals surface area contributed by atoms with Gasteiger partial charge in [0.05, 0.1) is 11.7 Å². The van der Waals surface area contributed by atoms with Crippen LogP contribution in [-0.4, -0.2) is 15.0 Å². The molecule has 5 nitrogen and oxygen atoms in total. The molecule has 0 saturated carbocycles. The topological polar surface area (TPSA) is 68.8 Å². The summed E-state index contributed by atoms with van der Waals surface area (Å²) in [6.07, 6.45) is 1.85. The van der Waals surface area contributed by atoms with Crippen molar-refractivity contribution in [2.75, 3.05) is 0 Å². The summed E-state index contributed by atoms with van der Waals surface area (Å²) in [5, 5.41) is 7.97. The molecule has 1 heterocycles. The fourth-order valence-corrected chi connectivity index (χ4v) is 2.80. The number of aromatic nitrogens is 3. The van der Waals surface area contributed by atoms with E-state index in [9.17, 15) is 0 Å². The summed E-state index contributed by atoms with van der Waals surface area (Å²) >= 11 is 3.41. The third-order valence-electron chi connectivity index (χ3n) is 3.32. The van der Waals surface area contributed by atoms with Crippen LogP contribution in [0.2, 0.25) is 0 Å². The smallest absolute Gasteiger partial charge is 0.153 e. The number of nitrogens with one attached hydrogen (secondary N) is 1. The van der Waals surface area contributed by atoms with E-state index in [1.54, 1.807) is 4.68 Å².